The van der Waals surface area contributed by atoms with E-state index in [0.717, 1.165) is 17.4 Å². The molecule has 110 valence electrons. The highest BCUT2D eigenvalue weighted by molar-refractivity contribution is 5.42. The largest absolute Gasteiger partial charge is 0.493 e. The number of fused-ring (bicyclic) bond motifs is 1. The number of likely N-dealkylation sites (N-methyl/N-ethyl adjacent to an activating group) is 1. The maximum Gasteiger partial charge on any atom is 0.130 e. The first-order valence-electron chi connectivity index (χ1n) is 6.96. The van der Waals surface area contributed by atoms with Crippen molar-refractivity contribution in [1.29, 1.82) is 0 Å². The molecule has 0 aromatic heterocycles. The van der Waals surface area contributed by atoms with Gasteiger partial charge in [-0.1, -0.05) is 18.2 Å². The average molecular weight is 289 g/mol. The Morgan fingerprint density at radius 1 is 1.19 bits per heavy atom. The number of para-hydroxylation sites is 1. The molecule has 0 radical (unpaired) electrons. The fourth-order valence-electron chi connectivity index (χ4n) is 2.95. The van der Waals surface area contributed by atoms with Crippen LogP contribution in [0.1, 0.15) is 28.7 Å². The van der Waals surface area contributed by atoms with Gasteiger partial charge < -0.3 is 10.1 Å². The fourth-order valence-corrected chi connectivity index (χ4v) is 2.95. The first-order chi connectivity index (χ1) is 10.1. The average Bonchev–Trinajstić information content (AvgIpc) is 2.89. The van der Waals surface area contributed by atoms with E-state index in [1.165, 1.54) is 0 Å². The van der Waals surface area contributed by atoms with Crippen LogP contribution in [0.25, 0.3) is 0 Å². The van der Waals surface area contributed by atoms with Crippen molar-refractivity contribution in [1.82, 2.24) is 5.32 Å². The summed E-state index contributed by atoms with van der Waals surface area (Å²) in [4.78, 5) is 0. The van der Waals surface area contributed by atoms with Gasteiger partial charge in [0.05, 0.1) is 6.61 Å². The number of aryl methyl sites for hydroxylation is 1. The molecular formula is C17H17F2NO. The zero-order valence-corrected chi connectivity index (χ0v) is 12.0. The number of hydrogen-bond donors (Lipinski definition) is 1. The maximum atomic E-state index is 14.2. The van der Waals surface area contributed by atoms with Crippen LogP contribution in [0.4, 0.5) is 8.78 Å². The lowest BCUT2D eigenvalue weighted by Gasteiger charge is -2.24. The van der Waals surface area contributed by atoms with E-state index < -0.39 is 11.6 Å². The molecule has 3 rings (SSSR count). The molecule has 0 fully saturated rings. The molecule has 2 atom stereocenters. The van der Waals surface area contributed by atoms with E-state index in [1.54, 1.807) is 20.0 Å². The highest BCUT2D eigenvalue weighted by Gasteiger charge is 2.33. The predicted octanol–water partition coefficient (Wildman–Crippen LogP) is 3.71. The summed E-state index contributed by atoms with van der Waals surface area (Å²) in [5.41, 5.74) is 1.97. The number of rotatable bonds is 3. The van der Waals surface area contributed by atoms with Crippen molar-refractivity contribution in [3.05, 3.63) is 64.7 Å². The maximum absolute atomic E-state index is 14.2. The number of ether oxygens (including phenoxy) is 1. The smallest absolute Gasteiger partial charge is 0.130 e. The second-order valence-corrected chi connectivity index (χ2v) is 5.34. The van der Waals surface area contributed by atoms with Crippen molar-refractivity contribution in [2.45, 2.75) is 18.9 Å². The number of benzene rings is 2. The summed E-state index contributed by atoms with van der Waals surface area (Å²) in [6.07, 6.45) is 0. The zero-order valence-electron chi connectivity index (χ0n) is 12.0. The van der Waals surface area contributed by atoms with Gasteiger partial charge in [0.25, 0.3) is 0 Å². The lowest BCUT2D eigenvalue weighted by Crippen LogP contribution is -2.26. The molecule has 1 N–H and O–H groups in total. The summed E-state index contributed by atoms with van der Waals surface area (Å²) in [5, 5.41) is 3.15. The minimum absolute atomic E-state index is 0.00515. The SMILES string of the molecule is CNC(c1cc(C)c(F)cc1F)C1COc2ccccc21. The van der Waals surface area contributed by atoms with E-state index in [1.807, 2.05) is 24.3 Å². The third kappa shape index (κ3) is 2.40. The quantitative estimate of drug-likeness (QED) is 0.930. The van der Waals surface area contributed by atoms with Gasteiger partial charge in [0.15, 0.2) is 0 Å². The van der Waals surface area contributed by atoms with Gasteiger partial charge in [-0.05, 0) is 31.7 Å². The Bertz CT molecular complexity index is 672. The van der Waals surface area contributed by atoms with Crippen LogP contribution in [0, 0.1) is 18.6 Å². The first kappa shape index (κ1) is 14.0. The van der Waals surface area contributed by atoms with Gasteiger partial charge in [-0.3, -0.25) is 0 Å². The Morgan fingerprint density at radius 3 is 2.71 bits per heavy atom. The molecule has 1 aliphatic rings. The molecule has 1 heterocycles. The molecule has 2 aromatic carbocycles. The lowest BCUT2D eigenvalue weighted by molar-refractivity contribution is 0.302. The molecule has 0 bridgehead atoms. The summed E-state index contributed by atoms with van der Waals surface area (Å²) in [6.45, 7) is 2.13. The Hall–Kier alpha value is -1.94. The molecular weight excluding hydrogens is 272 g/mol. The van der Waals surface area contributed by atoms with Crippen LogP contribution < -0.4 is 10.1 Å². The van der Waals surface area contributed by atoms with Gasteiger partial charge in [0.2, 0.25) is 0 Å². The van der Waals surface area contributed by atoms with E-state index >= 15 is 0 Å². The monoisotopic (exact) mass is 289 g/mol. The molecule has 2 unspecified atom stereocenters. The van der Waals surface area contributed by atoms with Gasteiger partial charge in [0, 0.05) is 29.2 Å². The molecule has 0 aliphatic carbocycles. The van der Waals surface area contributed by atoms with Crippen LogP contribution in [0.2, 0.25) is 0 Å². The minimum atomic E-state index is -0.526. The molecule has 0 saturated heterocycles. The highest BCUT2D eigenvalue weighted by Crippen LogP contribution is 2.41. The molecule has 2 aromatic rings. The molecule has 0 spiro atoms. The van der Waals surface area contributed by atoms with E-state index in [0.29, 0.717) is 17.7 Å². The van der Waals surface area contributed by atoms with E-state index in [-0.39, 0.29) is 12.0 Å². The number of hydrogen-bond acceptors (Lipinski definition) is 2. The second kappa shape index (κ2) is 5.45. The Labute approximate surface area is 122 Å². The van der Waals surface area contributed by atoms with Gasteiger partial charge in [-0.25, -0.2) is 8.78 Å². The van der Waals surface area contributed by atoms with Crippen LogP contribution in [-0.2, 0) is 0 Å². The van der Waals surface area contributed by atoms with Crippen LogP contribution in [0.5, 0.6) is 5.75 Å². The Kier molecular flexibility index (Phi) is 3.64. The summed E-state index contributed by atoms with van der Waals surface area (Å²) in [5.74, 6) is -0.205. The standard InChI is InChI=1S/C17H17F2NO/c1-10-7-12(15(19)8-14(10)18)17(20-2)13-9-21-16-6-4-3-5-11(13)16/h3-8,13,17,20H,9H2,1-2H3. The van der Waals surface area contributed by atoms with Gasteiger partial charge in [-0.15, -0.1) is 0 Å². The van der Waals surface area contributed by atoms with Gasteiger partial charge >= 0.3 is 0 Å². The van der Waals surface area contributed by atoms with Crippen LogP contribution in [-0.4, -0.2) is 13.7 Å². The molecule has 0 amide bonds. The number of halogens is 2. The van der Waals surface area contributed by atoms with Crippen molar-refractivity contribution in [2.24, 2.45) is 0 Å². The predicted molar refractivity (Wildman–Crippen MR) is 77.6 cm³/mol. The van der Waals surface area contributed by atoms with Crippen LogP contribution in [0.3, 0.4) is 0 Å². The molecule has 2 nitrogen and oxygen atoms in total. The number of nitrogens with one attached hydrogen (secondary N) is 1. The van der Waals surface area contributed by atoms with E-state index in [2.05, 4.69) is 5.32 Å². The first-order valence-corrected chi connectivity index (χ1v) is 6.96. The topological polar surface area (TPSA) is 21.3 Å². The zero-order chi connectivity index (χ0) is 15.0. The fraction of sp³-hybridized carbons (Fsp3) is 0.294. The van der Waals surface area contributed by atoms with Crippen molar-refractivity contribution < 1.29 is 13.5 Å². The summed E-state index contributed by atoms with van der Waals surface area (Å²) >= 11 is 0. The molecule has 0 saturated carbocycles. The van der Waals surface area contributed by atoms with Crippen LogP contribution >= 0.6 is 0 Å². The van der Waals surface area contributed by atoms with Gasteiger partial charge in [0.1, 0.15) is 17.4 Å². The third-order valence-electron chi connectivity index (χ3n) is 4.06. The summed E-state index contributed by atoms with van der Waals surface area (Å²) in [7, 11) is 1.78. The summed E-state index contributed by atoms with van der Waals surface area (Å²) in [6, 6.07) is 10.0. The van der Waals surface area contributed by atoms with Crippen molar-refractivity contribution in [2.75, 3.05) is 13.7 Å². The third-order valence-corrected chi connectivity index (χ3v) is 4.06. The molecule has 21 heavy (non-hydrogen) atoms. The summed E-state index contributed by atoms with van der Waals surface area (Å²) < 4.78 is 33.3. The molecule has 4 heteroatoms. The van der Waals surface area contributed by atoms with E-state index in [4.69, 9.17) is 4.74 Å². The van der Waals surface area contributed by atoms with Gasteiger partial charge in [-0.2, -0.15) is 0 Å². The second-order valence-electron chi connectivity index (χ2n) is 5.34. The van der Waals surface area contributed by atoms with Crippen molar-refractivity contribution >= 4 is 0 Å². The Balaban J connectivity index is 2.03. The Morgan fingerprint density at radius 2 is 1.95 bits per heavy atom. The lowest BCUT2D eigenvalue weighted by atomic mass is 9.87. The van der Waals surface area contributed by atoms with Crippen molar-refractivity contribution in [3.63, 3.8) is 0 Å². The van der Waals surface area contributed by atoms with Crippen molar-refractivity contribution in [3.8, 4) is 5.75 Å². The normalized spacial score (nSPS) is 18.2. The van der Waals surface area contributed by atoms with Crippen LogP contribution in [0.15, 0.2) is 36.4 Å². The highest BCUT2D eigenvalue weighted by atomic mass is 19.1. The van der Waals surface area contributed by atoms with E-state index in [9.17, 15) is 8.78 Å². The minimum Gasteiger partial charge on any atom is -0.493 e. The molecule has 1 aliphatic heterocycles.